The molecule has 0 saturated carbocycles. The average molecular weight is 309 g/mol. The summed E-state index contributed by atoms with van der Waals surface area (Å²) in [6.07, 6.45) is 1.72. The second kappa shape index (κ2) is 5.35. The average Bonchev–Trinajstić information content (AvgIpc) is 2.40. The quantitative estimate of drug-likeness (QED) is 0.886. The van der Waals surface area contributed by atoms with Gasteiger partial charge in [-0.1, -0.05) is 22.0 Å². The van der Waals surface area contributed by atoms with Crippen LogP contribution >= 0.6 is 15.9 Å². The lowest BCUT2D eigenvalue weighted by Crippen LogP contribution is -2.15. The molecular formula is C13H13BrN2O2. The summed E-state index contributed by atoms with van der Waals surface area (Å²) in [5.41, 5.74) is 1.16. The number of rotatable bonds is 3. The largest absolute Gasteiger partial charge is 0.468 e. The number of esters is 1. The second-order valence-corrected chi connectivity index (χ2v) is 4.73. The van der Waals surface area contributed by atoms with E-state index in [4.69, 9.17) is 0 Å². The van der Waals surface area contributed by atoms with Crippen molar-refractivity contribution in [2.75, 3.05) is 19.0 Å². The lowest BCUT2D eigenvalue weighted by molar-refractivity contribution is -0.138. The maximum atomic E-state index is 11.1. The third-order valence-electron chi connectivity index (χ3n) is 2.72. The zero-order valence-corrected chi connectivity index (χ0v) is 11.7. The summed E-state index contributed by atoms with van der Waals surface area (Å²) in [5.74, 6) is 0.353. The van der Waals surface area contributed by atoms with Gasteiger partial charge in [0, 0.05) is 16.1 Å². The monoisotopic (exact) mass is 308 g/mol. The number of aromatic nitrogens is 1. The number of nitrogens with one attached hydrogen (secondary N) is 1. The molecule has 2 rings (SSSR count). The van der Waals surface area contributed by atoms with Crippen LogP contribution in [0.25, 0.3) is 10.8 Å². The molecule has 0 amide bonds. The molecule has 0 aliphatic rings. The number of anilines is 1. The Morgan fingerprint density at radius 3 is 2.94 bits per heavy atom. The van der Waals surface area contributed by atoms with E-state index in [1.165, 1.54) is 7.11 Å². The Hall–Kier alpha value is -1.62. The van der Waals surface area contributed by atoms with E-state index >= 15 is 0 Å². The van der Waals surface area contributed by atoms with E-state index in [1.807, 2.05) is 25.1 Å². The van der Waals surface area contributed by atoms with Gasteiger partial charge >= 0.3 is 5.97 Å². The number of fused-ring (bicyclic) bond motifs is 1. The van der Waals surface area contributed by atoms with E-state index in [0.29, 0.717) is 5.82 Å². The Labute approximate surface area is 113 Å². The molecule has 0 unspecified atom stereocenters. The van der Waals surface area contributed by atoms with Crippen molar-refractivity contribution in [3.05, 3.63) is 34.4 Å². The molecule has 94 valence electrons. The van der Waals surface area contributed by atoms with Crippen LogP contribution in [0.5, 0.6) is 0 Å². The molecule has 1 heterocycles. The molecule has 0 aliphatic heterocycles. The van der Waals surface area contributed by atoms with Crippen molar-refractivity contribution in [1.82, 2.24) is 4.98 Å². The number of pyridine rings is 1. The van der Waals surface area contributed by atoms with Crippen LogP contribution in [0.3, 0.4) is 0 Å². The lowest BCUT2D eigenvalue weighted by atomic mass is 10.1. The summed E-state index contributed by atoms with van der Waals surface area (Å²) >= 11 is 3.51. The van der Waals surface area contributed by atoms with Crippen LogP contribution in [0.2, 0.25) is 0 Å². The number of aryl methyl sites for hydroxylation is 1. The topological polar surface area (TPSA) is 51.2 Å². The molecule has 1 aromatic carbocycles. The summed E-state index contributed by atoms with van der Waals surface area (Å²) in [5, 5.41) is 5.07. The molecular weight excluding hydrogens is 296 g/mol. The molecule has 0 spiro atoms. The first-order valence-electron chi connectivity index (χ1n) is 5.48. The van der Waals surface area contributed by atoms with Crippen LogP contribution in [-0.4, -0.2) is 24.6 Å². The van der Waals surface area contributed by atoms with Gasteiger partial charge in [-0.15, -0.1) is 0 Å². The highest BCUT2D eigenvalue weighted by atomic mass is 79.9. The van der Waals surface area contributed by atoms with Gasteiger partial charge in [-0.3, -0.25) is 4.79 Å². The van der Waals surface area contributed by atoms with E-state index in [2.05, 4.69) is 31.0 Å². The zero-order valence-electron chi connectivity index (χ0n) is 10.2. The summed E-state index contributed by atoms with van der Waals surface area (Å²) in [6.45, 7) is 2.14. The number of carbonyl (C=O) groups is 1. The smallest absolute Gasteiger partial charge is 0.325 e. The van der Waals surface area contributed by atoms with E-state index < -0.39 is 0 Å². The normalized spacial score (nSPS) is 10.4. The summed E-state index contributed by atoms with van der Waals surface area (Å²) < 4.78 is 5.54. The molecule has 0 bridgehead atoms. The highest BCUT2D eigenvalue weighted by molar-refractivity contribution is 9.10. The summed E-state index contributed by atoms with van der Waals surface area (Å²) in [6, 6.07) is 5.97. The SMILES string of the molecule is COC(=O)CNc1nccc2c(C)ccc(Br)c12. The molecule has 0 fully saturated rings. The Morgan fingerprint density at radius 2 is 2.22 bits per heavy atom. The van der Waals surface area contributed by atoms with Gasteiger partial charge in [-0.05, 0) is 30.0 Å². The van der Waals surface area contributed by atoms with Crippen LogP contribution in [0.1, 0.15) is 5.56 Å². The predicted molar refractivity (Wildman–Crippen MR) is 74.7 cm³/mol. The Balaban J connectivity index is 2.45. The number of halogens is 1. The van der Waals surface area contributed by atoms with Crippen LogP contribution in [-0.2, 0) is 9.53 Å². The molecule has 2 aromatic rings. The van der Waals surface area contributed by atoms with Crippen LogP contribution < -0.4 is 5.32 Å². The number of hydrogen-bond donors (Lipinski definition) is 1. The van der Waals surface area contributed by atoms with Crippen molar-refractivity contribution in [2.24, 2.45) is 0 Å². The summed E-state index contributed by atoms with van der Waals surface area (Å²) in [7, 11) is 1.36. The van der Waals surface area contributed by atoms with E-state index in [0.717, 1.165) is 20.8 Å². The molecule has 1 aromatic heterocycles. The van der Waals surface area contributed by atoms with Crippen molar-refractivity contribution in [1.29, 1.82) is 0 Å². The molecule has 4 nitrogen and oxygen atoms in total. The highest BCUT2D eigenvalue weighted by Crippen LogP contribution is 2.31. The van der Waals surface area contributed by atoms with Crippen molar-refractivity contribution in [2.45, 2.75) is 6.92 Å². The van der Waals surface area contributed by atoms with Crippen molar-refractivity contribution >= 4 is 38.5 Å². The fourth-order valence-electron chi connectivity index (χ4n) is 1.77. The molecule has 0 radical (unpaired) electrons. The third kappa shape index (κ3) is 2.46. The first-order valence-corrected chi connectivity index (χ1v) is 6.27. The highest BCUT2D eigenvalue weighted by Gasteiger charge is 2.09. The van der Waals surface area contributed by atoms with Crippen molar-refractivity contribution in [3.63, 3.8) is 0 Å². The van der Waals surface area contributed by atoms with Crippen molar-refractivity contribution < 1.29 is 9.53 Å². The Bertz CT molecular complexity index is 599. The van der Waals surface area contributed by atoms with Gasteiger partial charge in [0.1, 0.15) is 12.4 Å². The first-order chi connectivity index (χ1) is 8.63. The molecule has 0 saturated heterocycles. The molecule has 5 heteroatoms. The Morgan fingerprint density at radius 1 is 1.44 bits per heavy atom. The number of methoxy groups -OCH3 is 1. The maximum Gasteiger partial charge on any atom is 0.325 e. The van der Waals surface area contributed by atoms with Gasteiger partial charge in [0.2, 0.25) is 0 Å². The fourth-order valence-corrected chi connectivity index (χ4v) is 2.30. The van der Waals surface area contributed by atoms with E-state index in [-0.39, 0.29) is 12.5 Å². The maximum absolute atomic E-state index is 11.1. The van der Waals surface area contributed by atoms with Crippen molar-refractivity contribution in [3.8, 4) is 0 Å². The zero-order chi connectivity index (χ0) is 13.1. The Kier molecular flexibility index (Phi) is 3.81. The number of benzene rings is 1. The molecule has 0 atom stereocenters. The number of ether oxygens (including phenoxy) is 1. The fraction of sp³-hybridized carbons (Fsp3) is 0.231. The molecule has 1 N–H and O–H groups in total. The van der Waals surface area contributed by atoms with Gasteiger partial charge < -0.3 is 10.1 Å². The van der Waals surface area contributed by atoms with Gasteiger partial charge in [-0.25, -0.2) is 4.98 Å². The van der Waals surface area contributed by atoms with E-state index in [9.17, 15) is 4.79 Å². The predicted octanol–water partition coefficient (Wildman–Crippen LogP) is 2.89. The second-order valence-electron chi connectivity index (χ2n) is 3.88. The standard InChI is InChI=1S/C13H13BrN2O2/c1-8-3-4-10(14)12-9(8)5-6-15-13(12)16-7-11(17)18-2/h3-6H,7H2,1-2H3,(H,15,16). The number of carbonyl (C=O) groups excluding carboxylic acids is 1. The van der Waals surface area contributed by atoms with Gasteiger partial charge in [0.05, 0.1) is 7.11 Å². The minimum Gasteiger partial charge on any atom is -0.468 e. The van der Waals surface area contributed by atoms with Crippen LogP contribution in [0, 0.1) is 6.92 Å². The molecule has 0 aliphatic carbocycles. The van der Waals surface area contributed by atoms with Gasteiger partial charge in [0.25, 0.3) is 0 Å². The van der Waals surface area contributed by atoms with Crippen LogP contribution in [0.15, 0.2) is 28.9 Å². The first kappa shape index (κ1) is 12.8. The summed E-state index contributed by atoms with van der Waals surface area (Å²) in [4.78, 5) is 15.4. The lowest BCUT2D eigenvalue weighted by Gasteiger charge is -2.10. The minimum atomic E-state index is -0.322. The van der Waals surface area contributed by atoms with E-state index in [1.54, 1.807) is 6.20 Å². The van der Waals surface area contributed by atoms with Gasteiger partial charge in [0.15, 0.2) is 0 Å². The number of nitrogens with zero attached hydrogens (tertiary/aromatic N) is 1. The van der Waals surface area contributed by atoms with Crippen LogP contribution in [0.4, 0.5) is 5.82 Å². The molecule has 18 heavy (non-hydrogen) atoms. The van der Waals surface area contributed by atoms with Gasteiger partial charge in [-0.2, -0.15) is 0 Å². The number of hydrogen-bond acceptors (Lipinski definition) is 4. The third-order valence-corrected chi connectivity index (χ3v) is 3.38. The minimum absolute atomic E-state index is 0.100.